The third-order valence-corrected chi connectivity index (χ3v) is 6.32. The van der Waals surface area contributed by atoms with E-state index < -0.39 is 5.54 Å². The molecule has 0 heterocycles. The van der Waals surface area contributed by atoms with E-state index in [0.29, 0.717) is 6.42 Å². The highest BCUT2D eigenvalue weighted by atomic mass is 35.5. The summed E-state index contributed by atoms with van der Waals surface area (Å²) in [5, 5.41) is 19.3. The molecule has 0 atom stereocenters. The SMILES string of the molecule is Cl.NC(CO)(CO)CCCc1ccc(Sc2ccc(-c3ccccc3)cc2)cc1Cl. The van der Waals surface area contributed by atoms with E-state index >= 15 is 0 Å². The first-order valence-electron chi connectivity index (χ1n) is 9.65. The van der Waals surface area contributed by atoms with Gasteiger partial charge in [-0.05, 0) is 60.2 Å². The number of nitrogens with two attached hydrogens (primary N) is 1. The van der Waals surface area contributed by atoms with E-state index in [1.54, 1.807) is 11.8 Å². The summed E-state index contributed by atoms with van der Waals surface area (Å²) in [6.45, 7) is -0.453. The van der Waals surface area contributed by atoms with Gasteiger partial charge in [-0.3, -0.25) is 0 Å². The Balaban J connectivity index is 0.00000320. The molecule has 0 saturated heterocycles. The number of aliphatic hydroxyl groups is 2. The smallest absolute Gasteiger partial charge is 0.0633 e. The van der Waals surface area contributed by atoms with Crippen molar-refractivity contribution < 1.29 is 10.2 Å². The van der Waals surface area contributed by atoms with Gasteiger partial charge in [0, 0.05) is 14.8 Å². The van der Waals surface area contributed by atoms with Crippen molar-refractivity contribution >= 4 is 35.8 Å². The summed E-state index contributed by atoms with van der Waals surface area (Å²) in [5.41, 5.74) is 8.46. The molecular weight excluding hydrogens is 437 g/mol. The molecule has 3 aromatic rings. The summed E-state index contributed by atoms with van der Waals surface area (Å²) in [7, 11) is 0. The van der Waals surface area contributed by atoms with Gasteiger partial charge in [0.1, 0.15) is 0 Å². The molecule has 0 aromatic heterocycles. The van der Waals surface area contributed by atoms with Gasteiger partial charge >= 0.3 is 0 Å². The number of hydrogen-bond donors (Lipinski definition) is 3. The fourth-order valence-corrected chi connectivity index (χ4v) is 4.31. The van der Waals surface area contributed by atoms with Crippen molar-refractivity contribution in [2.45, 2.75) is 34.6 Å². The maximum Gasteiger partial charge on any atom is 0.0633 e. The molecule has 0 unspecified atom stereocenters. The van der Waals surface area contributed by atoms with E-state index in [1.165, 1.54) is 11.1 Å². The second-order valence-electron chi connectivity index (χ2n) is 7.28. The molecule has 4 N–H and O–H groups in total. The minimum absolute atomic E-state index is 0. The van der Waals surface area contributed by atoms with Gasteiger partial charge in [0.25, 0.3) is 0 Å². The number of rotatable bonds is 9. The van der Waals surface area contributed by atoms with E-state index in [-0.39, 0.29) is 25.6 Å². The lowest BCUT2D eigenvalue weighted by Gasteiger charge is -2.24. The van der Waals surface area contributed by atoms with Crippen LogP contribution in [-0.4, -0.2) is 29.0 Å². The molecule has 0 bridgehead atoms. The summed E-state index contributed by atoms with van der Waals surface area (Å²) in [5.74, 6) is 0. The molecule has 3 aromatic carbocycles. The van der Waals surface area contributed by atoms with E-state index in [9.17, 15) is 10.2 Å². The monoisotopic (exact) mass is 463 g/mol. The van der Waals surface area contributed by atoms with Crippen molar-refractivity contribution in [1.82, 2.24) is 0 Å². The third-order valence-electron chi connectivity index (χ3n) is 4.97. The molecule has 0 saturated carbocycles. The minimum Gasteiger partial charge on any atom is -0.394 e. The van der Waals surface area contributed by atoms with Crippen LogP contribution in [0.5, 0.6) is 0 Å². The van der Waals surface area contributed by atoms with Gasteiger partial charge in [-0.2, -0.15) is 0 Å². The second kappa shape index (κ2) is 11.8. The van der Waals surface area contributed by atoms with Gasteiger partial charge in [-0.25, -0.2) is 0 Å². The van der Waals surface area contributed by atoms with Crippen LogP contribution in [0.25, 0.3) is 11.1 Å². The van der Waals surface area contributed by atoms with Gasteiger partial charge in [0.2, 0.25) is 0 Å². The van der Waals surface area contributed by atoms with Crippen molar-refractivity contribution in [3.63, 3.8) is 0 Å². The molecule has 0 aliphatic rings. The summed E-state index contributed by atoms with van der Waals surface area (Å²) < 4.78 is 0. The third kappa shape index (κ3) is 6.74. The van der Waals surface area contributed by atoms with Gasteiger partial charge in [0.05, 0.1) is 18.8 Å². The normalized spacial score (nSPS) is 11.2. The van der Waals surface area contributed by atoms with Crippen LogP contribution in [0.1, 0.15) is 18.4 Å². The topological polar surface area (TPSA) is 66.5 Å². The molecule has 3 rings (SSSR count). The van der Waals surface area contributed by atoms with Crippen LogP contribution < -0.4 is 5.73 Å². The first kappa shape index (κ1) is 24.7. The van der Waals surface area contributed by atoms with E-state index in [0.717, 1.165) is 33.2 Å². The quantitative estimate of drug-likeness (QED) is 0.387. The second-order valence-corrected chi connectivity index (χ2v) is 8.83. The Labute approximate surface area is 193 Å². The lowest BCUT2D eigenvalue weighted by Crippen LogP contribution is -2.47. The highest BCUT2D eigenvalue weighted by molar-refractivity contribution is 7.99. The minimum atomic E-state index is -0.922. The largest absolute Gasteiger partial charge is 0.394 e. The van der Waals surface area contributed by atoms with Crippen LogP contribution in [0.4, 0.5) is 0 Å². The number of aryl methyl sites for hydroxylation is 1. The molecule has 30 heavy (non-hydrogen) atoms. The van der Waals surface area contributed by atoms with Gasteiger partial charge in [-0.15, -0.1) is 12.4 Å². The molecule has 0 amide bonds. The number of aliphatic hydroxyl groups excluding tert-OH is 2. The maximum absolute atomic E-state index is 9.28. The Morgan fingerprint density at radius 3 is 2.03 bits per heavy atom. The Morgan fingerprint density at radius 2 is 1.43 bits per heavy atom. The lowest BCUT2D eigenvalue weighted by molar-refractivity contribution is 0.113. The van der Waals surface area contributed by atoms with E-state index in [1.807, 2.05) is 30.3 Å². The standard InChI is InChI=1S/C24H26ClNO2S.ClH/c25-23-15-22(13-10-20(23)7-4-14-24(26,16-27)17-28)29-21-11-8-19(9-12-21)18-5-2-1-3-6-18;/h1-3,5-6,8-13,15,27-28H,4,7,14,16-17,26H2;1H. The predicted molar refractivity (Wildman–Crippen MR) is 129 cm³/mol. The lowest BCUT2D eigenvalue weighted by atomic mass is 9.94. The Kier molecular flexibility index (Phi) is 9.69. The molecule has 0 aliphatic heterocycles. The van der Waals surface area contributed by atoms with Crippen molar-refractivity contribution in [3.05, 3.63) is 83.4 Å². The molecule has 0 spiro atoms. The van der Waals surface area contributed by atoms with Crippen molar-refractivity contribution in [3.8, 4) is 11.1 Å². The summed E-state index contributed by atoms with van der Waals surface area (Å²) in [6, 6.07) is 24.9. The molecule has 160 valence electrons. The number of halogens is 2. The molecule has 0 fully saturated rings. The van der Waals surface area contributed by atoms with Crippen LogP contribution >= 0.6 is 35.8 Å². The molecule has 6 heteroatoms. The van der Waals surface area contributed by atoms with Crippen LogP contribution in [0.3, 0.4) is 0 Å². The van der Waals surface area contributed by atoms with Crippen LogP contribution in [0.15, 0.2) is 82.6 Å². The first-order chi connectivity index (χ1) is 14.0. The molecule has 3 nitrogen and oxygen atoms in total. The van der Waals surface area contributed by atoms with Crippen LogP contribution in [0, 0.1) is 0 Å². The van der Waals surface area contributed by atoms with Gasteiger partial charge in [-0.1, -0.05) is 71.9 Å². The Bertz CT molecular complexity index is 916. The average Bonchev–Trinajstić information content (AvgIpc) is 2.76. The van der Waals surface area contributed by atoms with E-state index in [2.05, 4.69) is 42.5 Å². The van der Waals surface area contributed by atoms with Crippen LogP contribution in [-0.2, 0) is 6.42 Å². The highest BCUT2D eigenvalue weighted by Crippen LogP contribution is 2.32. The summed E-state index contributed by atoms with van der Waals surface area (Å²) in [6.07, 6.45) is 2.06. The summed E-state index contributed by atoms with van der Waals surface area (Å²) in [4.78, 5) is 2.25. The van der Waals surface area contributed by atoms with Crippen molar-refractivity contribution in [2.75, 3.05) is 13.2 Å². The molecule has 0 aliphatic carbocycles. The zero-order valence-corrected chi connectivity index (χ0v) is 19.0. The van der Waals surface area contributed by atoms with Gasteiger partial charge < -0.3 is 15.9 Å². The van der Waals surface area contributed by atoms with Crippen LogP contribution in [0.2, 0.25) is 5.02 Å². The zero-order chi connectivity index (χ0) is 20.7. The average molecular weight is 464 g/mol. The Hall–Kier alpha value is -1.53. The van der Waals surface area contributed by atoms with Crippen molar-refractivity contribution in [1.29, 1.82) is 0 Å². The highest BCUT2D eigenvalue weighted by Gasteiger charge is 2.22. The molecule has 0 radical (unpaired) electrons. The van der Waals surface area contributed by atoms with Gasteiger partial charge in [0.15, 0.2) is 0 Å². The Morgan fingerprint density at radius 1 is 0.833 bits per heavy atom. The summed E-state index contributed by atoms with van der Waals surface area (Å²) >= 11 is 8.15. The first-order valence-corrected chi connectivity index (χ1v) is 10.8. The fourth-order valence-electron chi connectivity index (χ4n) is 3.12. The maximum atomic E-state index is 9.28. The van der Waals surface area contributed by atoms with E-state index in [4.69, 9.17) is 17.3 Å². The van der Waals surface area contributed by atoms with Crippen molar-refractivity contribution in [2.24, 2.45) is 5.73 Å². The number of hydrogen-bond acceptors (Lipinski definition) is 4. The predicted octanol–water partition coefficient (Wildman–Crippen LogP) is 5.58. The molecular formula is C24H27Cl2NO2S. The number of benzene rings is 3. The zero-order valence-electron chi connectivity index (χ0n) is 16.6. The fraction of sp³-hybridized carbons (Fsp3) is 0.250.